The van der Waals surface area contributed by atoms with Crippen LogP contribution in [0.1, 0.15) is 116 Å². The predicted octanol–water partition coefficient (Wildman–Crippen LogP) is 2.89. The van der Waals surface area contributed by atoms with E-state index < -0.39 is 135 Å². The molecule has 5 aliphatic rings. The van der Waals surface area contributed by atoms with Gasteiger partial charge >= 0.3 is 5.97 Å². The van der Waals surface area contributed by atoms with Crippen molar-refractivity contribution in [3.63, 3.8) is 0 Å². The van der Waals surface area contributed by atoms with Gasteiger partial charge in [0.15, 0.2) is 23.1 Å². The van der Waals surface area contributed by atoms with Crippen LogP contribution in [-0.4, -0.2) is 151 Å². The Balaban J connectivity index is 1.24. The van der Waals surface area contributed by atoms with E-state index in [4.69, 9.17) is 42.3 Å². The highest BCUT2D eigenvalue weighted by molar-refractivity contribution is 6.32. The highest BCUT2D eigenvalue weighted by Gasteiger charge is 2.57. The molecule has 0 radical (unpaired) electrons. The van der Waals surface area contributed by atoms with Gasteiger partial charge in [-0.3, -0.25) is 14.4 Å². The highest BCUT2D eigenvalue weighted by Crippen LogP contribution is 2.50. The van der Waals surface area contributed by atoms with Gasteiger partial charge in [-0.15, -0.1) is 0 Å². The number of fused-ring (bicyclic) bond motifs is 4. The number of benzene rings is 2. The van der Waals surface area contributed by atoms with Crippen molar-refractivity contribution in [2.45, 2.75) is 151 Å². The van der Waals surface area contributed by atoms with Gasteiger partial charge in [-0.05, 0) is 74.2 Å². The Hall–Kier alpha value is -4.18. The number of phenols is 1. The molecule has 0 amide bonds. The summed E-state index contributed by atoms with van der Waals surface area (Å²) < 4.78 is 53.6. The third kappa shape index (κ3) is 7.36. The number of esters is 1. The van der Waals surface area contributed by atoms with Crippen molar-refractivity contribution in [3.05, 3.63) is 73.6 Å². The lowest BCUT2D eigenvalue weighted by molar-refractivity contribution is -0.300. The maximum absolute atomic E-state index is 15.1. The molecule has 15 atom stereocenters. The molecule has 1 aromatic heterocycles. The molecule has 3 aromatic rings. The van der Waals surface area contributed by atoms with Crippen molar-refractivity contribution in [3.8, 4) is 5.75 Å². The quantitative estimate of drug-likeness (QED) is 0.132. The van der Waals surface area contributed by atoms with Crippen molar-refractivity contribution in [1.29, 1.82) is 0 Å². The van der Waals surface area contributed by atoms with Gasteiger partial charge in [0.05, 0.1) is 66.4 Å². The zero-order valence-corrected chi connectivity index (χ0v) is 38.4. The standard InChI is InChI=1S/C47H59NO17/c1-19-37(50)28(57-9)16-32(61-19)47(56,44(55)59-11)26-14-25-35(42-36(26)27(49)15-31(63-42)46(6)22(4)65-46)41(54)34-24(39(25)52)13-12-23(40(34)53)30-18-45(5,48(7)8)43(21(3)60-30)64-33-17-29(58-10)38(51)20(2)62-33/h12-15,19-22,28-30,32-33,37-38,43,50-51,53,56H,16-18H2,1-11H3. The molecule has 0 saturated carbocycles. The molecule has 4 N–H and O–H groups in total. The minimum absolute atomic E-state index is 0.0175. The highest BCUT2D eigenvalue weighted by atomic mass is 16.7. The summed E-state index contributed by atoms with van der Waals surface area (Å²) in [5, 5.41) is 45.9. The van der Waals surface area contributed by atoms with Gasteiger partial charge in [0, 0.05) is 60.9 Å². The third-order valence-corrected chi connectivity index (χ3v) is 14.8. The third-order valence-electron chi connectivity index (χ3n) is 14.8. The molecular formula is C47H59NO17. The number of hydrogen-bond donors (Lipinski definition) is 4. The Kier molecular flexibility index (Phi) is 12.3. The van der Waals surface area contributed by atoms with Crippen molar-refractivity contribution in [1.82, 2.24) is 4.90 Å². The van der Waals surface area contributed by atoms with Crippen LogP contribution in [0.4, 0.5) is 0 Å². The zero-order chi connectivity index (χ0) is 47.4. The number of nitrogens with zero attached hydrogens (tertiary/aromatic N) is 1. The minimum Gasteiger partial charge on any atom is -0.507 e. The minimum atomic E-state index is -2.82. The number of aliphatic hydroxyl groups excluding tert-OH is 2. The lowest BCUT2D eigenvalue weighted by Crippen LogP contribution is -2.62. The molecule has 4 fully saturated rings. The Labute approximate surface area is 375 Å². The SMILES string of the molecule is COC(=O)C(O)(c1cc2c(c3oc(C4(C)OC4C)cc(=O)c13)C(=O)c1c(ccc(C3CC(C)(N(C)C)C(OC4CC(OC)C(O)C(C)O4)C(C)O3)c1O)C2=O)C1CC(OC)C(O)C(C)O1. The van der Waals surface area contributed by atoms with Gasteiger partial charge in [0.25, 0.3) is 0 Å². The monoisotopic (exact) mass is 909 g/mol. The Morgan fingerprint density at radius 2 is 1.48 bits per heavy atom. The largest absolute Gasteiger partial charge is 0.507 e. The number of aliphatic hydroxyl groups is 3. The van der Waals surface area contributed by atoms with E-state index >= 15 is 4.79 Å². The fourth-order valence-electron chi connectivity index (χ4n) is 10.3. The van der Waals surface area contributed by atoms with E-state index in [0.29, 0.717) is 0 Å². The molecule has 8 rings (SSSR count). The van der Waals surface area contributed by atoms with Crippen LogP contribution in [0.2, 0.25) is 0 Å². The van der Waals surface area contributed by atoms with Crippen molar-refractivity contribution in [2.24, 2.45) is 0 Å². The van der Waals surface area contributed by atoms with E-state index in [-0.39, 0.29) is 52.8 Å². The lowest BCUT2D eigenvalue weighted by atomic mass is 9.75. The number of ketones is 2. The van der Waals surface area contributed by atoms with Crippen molar-refractivity contribution < 1.29 is 77.1 Å². The number of rotatable bonds is 10. The van der Waals surface area contributed by atoms with Crippen molar-refractivity contribution >= 4 is 28.5 Å². The number of carbonyl (C=O) groups is 3. The number of ether oxygens (including phenoxy) is 8. The number of epoxide rings is 1. The van der Waals surface area contributed by atoms with E-state index in [0.717, 1.165) is 19.2 Å². The van der Waals surface area contributed by atoms with Crippen molar-refractivity contribution in [2.75, 3.05) is 35.4 Å². The number of hydrogen-bond acceptors (Lipinski definition) is 18. The smallest absolute Gasteiger partial charge is 0.345 e. The predicted molar refractivity (Wildman–Crippen MR) is 228 cm³/mol. The molecule has 354 valence electrons. The maximum atomic E-state index is 15.1. The average Bonchev–Trinajstić information content (AvgIpc) is 3.90. The normalized spacial score (nSPS) is 36.8. The molecule has 0 spiro atoms. The number of carbonyl (C=O) groups excluding carboxylic acids is 3. The first-order valence-corrected chi connectivity index (χ1v) is 21.9. The van der Waals surface area contributed by atoms with Crippen LogP contribution < -0.4 is 5.43 Å². The molecule has 4 saturated heterocycles. The second kappa shape index (κ2) is 16.9. The van der Waals surface area contributed by atoms with Crippen LogP contribution in [0, 0.1) is 0 Å². The molecular weight excluding hydrogens is 851 g/mol. The Morgan fingerprint density at radius 1 is 0.846 bits per heavy atom. The first kappa shape index (κ1) is 47.3. The summed E-state index contributed by atoms with van der Waals surface area (Å²) in [5.74, 6) is -3.41. The molecule has 4 aliphatic heterocycles. The van der Waals surface area contributed by atoms with Gasteiger partial charge < -0.3 is 67.6 Å². The first-order chi connectivity index (χ1) is 30.6. The van der Waals surface area contributed by atoms with Gasteiger partial charge in [-0.2, -0.15) is 0 Å². The van der Waals surface area contributed by atoms with Gasteiger partial charge in [0.2, 0.25) is 11.4 Å². The van der Waals surface area contributed by atoms with Crippen LogP contribution in [0.15, 0.2) is 33.5 Å². The van der Waals surface area contributed by atoms with E-state index in [9.17, 15) is 34.8 Å². The van der Waals surface area contributed by atoms with Crippen LogP contribution in [0.3, 0.4) is 0 Å². The molecule has 5 heterocycles. The molecule has 2 aromatic carbocycles. The van der Waals surface area contributed by atoms with E-state index in [1.54, 1.807) is 20.8 Å². The first-order valence-electron chi connectivity index (χ1n) is 21.9. The van der Waals surface area contributed by atoms with Crippen LogP contribution in [0.25, 0.3) is 11.0 Å². The Bertz CT molecular complexity index is 2470. The number of phenolic OH excluding ortho intramolecular Hbond substituents is 1. The summed E-state index contributed by atoms with van der Waals surface area (Å²) in [6.45, 7) is 10.5. The molecule has 1 aliphatic carbocycles. The zero-order valence-electron chi connectivity index (χ0n) is 38.4. The summed E-state index contributed by atoms with van der Waals surface area (Å²) in [6.07, 6.45) is -9.32. The second-order valence-electron chi connectivity index (χ2n) is 18.7. The second-order valence-corrected chi connectivity index (χ2v) is 18.7. The molecule has 18 nitrogen and oxygen atoms in total. The van der Waals surface area contributed by atoms with Gasteiger partial charge in [0.1, 0.15) is 41.5 Å². The van der Waals surface area contributed by atoms with Gasteiger partial charge in [-0.25, -0.2) is 4.79 Å². The van der Waals surface area contributed by atoms with Gasteiger partial charge in [-0.1, -0.05) is 6.07 Å². The summed E-state index contributed by atoms with van der Waals surface area (Å²) in [7, 11) is 7.67. The number of methoxy groups -OCH3 is 3. The van der Waals surface area contributed by atoms with Crippen LogP contribution in [-0.2, 0) is 53.9 Å². The number of likely N-dealkylation sites (N-methyl/N-ethyl adjacent to an activating group) is 1. The summed E-state index contributed by atoms with van der Waals surface area (Å²) in [6, 6.07) is 5.16. The Morgan fingerprint density at radius 3 is 2.08 bits per heavy atom. The molecule has 0 bridgehead atoms. The summed E-state index contributed by atoms with van der Waals surface area (Å²) in [5.41, 5.74) is -7.38. The van der Waals surface area contributed by atoms with E-state index in [1.807, 2.05) is 32.8 Å². The maximum Gasteiger partial charge on any atom is 0.345 e. The fraction of sp³-hybridized carbons (Fsp3) is 0.617. The van der Waals surface area contributed by atoms with Crippen LogP contribution in [0.5, 0.6) is 5.75 Å². The fourth-order valence-corrected chi connectivity index (χ4v) is 10.3. The number of aromatic hydroxyl groups is 1. The molecule has 18 heteroatoms. The van der Waals surface area contributed by atoms with E-state index in [1.165, 1.54) is 33.3 Å². The topological polar surface area (TPSA) is 243 Å². The summed E-state index contributed by atoms with van der Waals surface area (Å²) >= 11 is 0. The van der Waals surface area contributed by atoms with E-state index in [2.05, 4.69) is 0 Å². The summed E-state index contributed by atoms with van der Waals surface area (Å²) in [4.78, 5) is 60.4. The molecule has 15 unspecified atom stereocenters. The van der Waals surface area contributed by atoms with Crippen LogP contribution >= 0.6 is 0 Å². The average molecular weight is 910 g/mol. The molecule has 65 heavy (non-hydrogen) atoms. The lowest BCUT2D eigenvalue weighted by Gasteiger charge is -2.52.